The first-order valence-electron chi connectivity index (χ1n) is 9.03. The lowest BCUT2D eigenvalue weighted by molar-refractivity contribution is 0.0983. The minimum absolute atomic E-state index is 0.118. The molecular weight excluding hydrogens is 404 g/mol. The number of ether oxygens (including phenoxy) is 1. The molecule has 2 aromatic heterocycles. The Morgan fingerprint density at radius 3 is 2.83 bits per heavy atom. The second kappa shape index (κ2) is 8.31. The van der Waals surface area contributed by atoms with Crippen LogP contribution in [0.1, 0.15) is 21.7 Å². The maximum atomic E-state index is 13.5. The van der Waals surface area contributed by atoms with Gasteiger partial charge in [-0.25, -0.2) is 4.98 Å². The summed E-state index contributed by atoms with van der Waals surface area (Å²) in [5, 5.41) is 0.614. The molecule has 0 spiro atoms. The van der Waals surface area contributed by atoms with Crippen molar-refractivity contribution in [2.24, 2.45) is 0 Å². The number of carbonyl (C=O) groups excluding carboxylic acids is 1. The van der Waals surface area contributed by atoms with Gasteiger partial charge >= 0.3 is 0 Å². The van der Waals surface area contributed by atoms with Gasteiger partial charge in [0.05, 0.1) is 24.6 Å². The maximum absolute atomic E-state index is 13.5. The summed E-state index contributed by atoms with van der Waals surface area (Å²) in [5.74, 6) is 1.28. The molecule has 0 saturated carbocycles. The zero-order chi connectivity index (χ0) is 20.4. The van der Waals surface area contributed by atoms with Crippen LogP contribution in [0.5, 0.6) is 5.75 Å². The highest BCUT2D eigenvalue weighted by molar-refractivity contribution is 7.98. The van der Waals surface area contributed by atoms with Gasteiger partial charge in [-0.15, -0.1) is 11.8 Å². The predicted octanol–water partition coefficient (Wildman–Crippen LogP) is 5.78. The number of benzene rings is 2. The van der Waals surface area contributed by atoms with Crippen molar-refractivity contribution in [3.8, 4) is 5.75 Å². The number of thioether (sulfide) groups is 1. The summed E-state index contributed by atoms with van der Waals surface area (Å²) in [6.45, 7) is 2.33. The van der Waals surface area contributed by atoms with E-state index in [0.29, 0.717) is 28.7 Å². The summed E-state index contributed by atoms with van der Waals surface area (Å²) in [7, 11) is 1.63. The van der Waals surface area contributed by atoms with Gasteiger partial charge in [-0.3, -0.25) is 9.69 Å². The Kier molecular flexibility index (Phi) is 5.60. The lowest BCUT2D eigenvalue weighted by Crippen LogP contribution is -2.30. The standard InChI is InChI=1S/C22H20N2O3S2/c1-14-9-10-18(26-2)19-20(14)29-22(23-19)24(13-16-7-5-11-27-16)21(25)15-6-4-8-17(12-15)28-3/h4-12H,13H2,1-3H3. The molecule has 1 amide bonds. The highest BCUT2D eigenvalue weighted by Crippen LogP contribution is 2.37. The van der Waals surface area contributed by atoms with E-state index in [1.165, 1.54) is 11.3 Å². The number of thiazole rings is 1. The van der Waals surface area contributed by atoms with E-state index in [0.717, 1.165) is 20.7 Å². The number of rotatable bonds is 6. The van der Waals surface area contributed by atoms with Crippen molar-refractivity contribution in [1.29, 1.82) is 0 Å². The number of hydrogen-bond donors (Lipinski definition) is 0. The number of aryl methyl sites for hydroxylation is 1. The van der Waals surface area contributed by atoms with Crippen molar-refractivity contribution in [2.45, 2.75) is 18.4 Å². The van der Waals surface area contributed by atoms with Crippen LogP contribution in [0.25, 0.3) is 10.2 Å². The third-order valence-corrected chi connectivity index (χ3v) is 6.54. The Balaban J connectivity index is 1.81. The van der Waals surface area contributed by atoms with E-state index in [2.05, 4.69) is 0 Å². The molecule has 2 aromatic carbocycles. The van der Waals surface area contributed by atoms with Gasteiger partial charge in [0.15, 0.2) is 5.13 Å². The van der Waals surface area contributed by atoms with Crippen molar-refractivity contribution < 1.29 is 13.9 Å². The third kappa shape index (κ3) is 3.88. The first kappa shape index (κ1) is 19.5. The Morgan fingerprint density at radius 1 is 1.24 bits per heavy atom. The molecule has 5 nitrogen and oxygen atoms in total. The van der Waals surface area contributed by atoms with E-state index in [9.17, 15) is 4.79 Å². The summed E-state index contributed by atoms with van der Waals surface area (Å²) in [6, 6.07) is 15.2. The van der Waals surface area contributed by atoms with Crippen molar-refractivity contribution in [3.05, 3.63) is 71.7 Å². The van der Waals surface area contributed by atoms with E-state index in [4.69, 9.17) is 14.1 Å². The summed E-state index contributed by atoms with van der Waals surface area (Å²) in [4.78, 5) is 20.9. The molecule has 29 heavy (non-hydrogen) atoms. The van der Waals surface area contributed by atoms with Gasteiger partial charge in [-0.1, -0.05) is 23.5 Å². The predicted molar refractivity (Wildman–Crippen MR) is 118 cm³/mol. The van der Waals surface area contributed by atoms with Crippen LogP contribution in [0.4, 0.5) is 5.13 Å². The fraction of sp³-hybridized carbons (Fsp3) is 0.182. The number of hydrogen-bond acceptors (Lipinski definition) is 6. The van der Waals surface area contributed by atoms with Crippen LogP contribution in [0, 0.1) is 6.92 Å². The molecule has 0 N–H and O–H groups in total. The smallest absolute Gasteiger partial charge is 0.260 e. The quantitative estimate of drug-likeness (QED) is 0.368. The monoisotopic (exact) mass is 424 g/mol. The topological polar surface area (TPSA) is 55.6 Å². The zero-order valence-electron chi connectivity index (χ0n) is 16.3. The molecule has 0 radical (unpaired) electrons. The Labute approximate surface area is 177 Å². The molecule has 0 atom stereocenters. The van der Waals surface area contributed by atoms with Crippen LogP contribution in [0.2, 0.25) is 0 Å². The zero-order valence-corrected chi connectivity index (χ0v) is 18.0. The van der Waals surface area contributed by atoms with Crippen molar-refractivity contribution in [2.75, 3.05) is 18.3 Å². The number of anilines is 1. The number of amides is 1. The SMILES string of the molecule is COc1ccc(C)c2sc(N(Cc3ccco3)C(=O)c3cccc(SC)c3)nc12. The first-order chi connectivity index (χ1) is 14.1. The highest BCUT2D eigenvalue weighted by atomic mass is 32.2. The third-order valence-electron chi connectivity index (χ3n) is 4.60. The van der Waals surface area contributed by atoms with Gasteiger partial charge in [-0.2, -0.15) is 0 Å². The van der Waals surface area contributed by atoms with Crippen LogP contribution >= 0.6 is 23.1 Å². The molecule has 0 unspecified atom stereocenters. The second-order valence-corrected chi connectivity index (χ2v) is 8.32. The average molecular weight is 425 g/mol. The summed E-state index contributed by atoms with van der Waals surface area (Å²) < 4.78 is 12.0. The lowest BCUT2D eigenvalue weighted by Gasteiger charge is -2.19. The summed E-state index contributed by atoms with van der Waals surface area (Å²) in [5.41, 5.74) is 2.48. The molecule has 0 aliphatic rings. The summed E-state index contributed by atoms with van der Waals surface area (Å²) >= 11 is 3.09. The molecule has 4 rings (SSSR count). The number of methoxy groups -OCH3 is 1. The Hall–Kier alpha value is -2.77. The van der Waals surface area contributed by atoms with E-state index in [1.54, 1.807) is 30.0 Å². The fourth-order valence-corrected chi connectivity index (χ4v) is 4.58. The second-order valence-electron chi connectivity index (χ2n) is 6.46. The Morgan fingerprint density at radius 2 is 2.10 bits per heavy atom. The van der Waals surface area contributed by atoms with Crippen molar-refractivity contribution in [3.63, 3.8) is 0 Å². The van der Waals surface area contributed by atoms with Gasteiger partial charge in [0, 0.05) is 10.5 Å². The van der Waals surface area contributed by atoms with Crippen LogP contribution < -0.4 is 9.64 Å². The molecule has 4 aromatic rings. The number of furan rings is 1. The van der Waals surface area contributed by atoms with Gasteiger partial charge in [-0.05, 0) is 55.1 Å². The van der Waals surface area contributed by atoms with Crippen molar-refractivity contribution >= 4 is 44.4 Å². The molecule has 0 aliphatic heterocycles. The molecule has 0 aliphatic carbocycles. The van der Waals surface area contributed by atoms with Crippen LogP contribution in [-0.2, 0) is 6.54 Å². The molecule has 148 valence electrons. The number of nitrogens with zero attached hydrogens (tertiary/aromatic N) is 2. The molecule has 2 heterocycles. The van der Waals surface area contributed by atoms with Crippen molar-refractivity contribution in [1.82, 2.24) is 4.98 Å². The van der Waals surface area contributed by atoms with Gasteiger partial charge in [0.1, 0.15) is 17.0 Å². The molecular formula is C22H20N2O3S2. The lowest BCUT2D eigenvalue weighted by atomic mass is 10.2. The average Bonchev–Trinajstić information content (AvgIpc) is 3.42. The number of carbonyl (C=O) groups is 1. The van der Waals surface area contributed by atoms with Gasteiger partial charge < -0.3 is 9.15 Å². The normalized spacial score (nSPS) is 11.0. The van der Waals surface area contributed by atoms with Crippen LogP contribution in [0.3, 0.4) is 0 Å². The molecule has 0 saturated heterocycles. The van der Waals surface area contributed by atoms with E-state index >= 15 is 0 Å². The minimum Gasteiger partial charge on any atom is -0.494 e. The van der Waals surface area contributed by atoms with Crippen LogP contribution in [0.15, 0.2) is 64.1 Å². The van der Waals surface area contributed by atoms with Gasteiger partial charge in [0.25, 0.3) is 5.91 Å². The molecule has 7 heteroatoms. The van der Waals surface area contributed by atoms with E-state index < -0.39 is 0 Å². The molecule has 0 fully saturated rings. The molecule has 0 bridgehead atoms. The highest BCUT2D eigenvalue weighted by Gasteiger charge is 2.24. The van der Waals surface area contributed by atoms with Crippen LogP contribution in [-0.4, -0.2) is 24.3 Å². The minimum atomic E-state index is -0.118. The summed E-state index contributed by atoms with van der Waals surface area (Å²) in [6.07, 6.45) is 3.60. The largest absolute Gasteiger partial charge is 0.494 e. The van der Waals surface area contributed by atoms with E-state index in [1.807, 2.05) is 61.7 Å². The fourth-order valence-electron chi connectivity index (χ4n) is 3.08. The maximum Gasteiger partial charge on any atom is 0.260 e. The number of aromatic nitrogens is 1. The Bertz CT molecular complexity index is 1150. The van der Waals surface area contributed by atoms with Gasteiger partial charge in [0.2, 0.25) is 0 Å². The first-order valence-corrected chi connectivity index (χ1v) is 11.1. The van der Waals surface area contributed by atoms with E-state index in [-0.39, 0.29) is 5.91 Å². The number of fused-ring (bicyclic) bond motifs is 1.